The molecule has 1 amide bonds. The van der Waals surface area contributed by atoms with E-state index in [-0.39, 0.29) is 11.9 Å². The number of aryl methyl sites for hydroxylation is 1. The van der Waals surface area contributed by atoms with Gasteiger partial charge in [-0.15, -0.1) is 0 Å². The molecule has 1 unspecified atom stereocenters. The van der Waals surface area contributed by atoms with Crippen LogP contribution in [0.15, 0.2) is 24.3 Å². The van der Waals surface area contributed by atoms with Gasteiger partial charge in [0, 0.05) is 33.2 Å². The fourth-order valence-corrected chi connectivity index (χ4v) is 2.60. The van der Waals surface area contributed by atoms with Crippen molar-refractivity contribution >= 4 is 5.91 Å². The molecular formula is C16H25N3O2. The van der Waals surface area contributed by atoms with Crippen LogP contribution in [0.5, 0.6) is 5.75 Å². The Kier molecular flexibility index (Phi) is 6.02. The number of piperazine rings is 1. The quantitative estimate of drug-likeness (QED) is 0.761. The number of carbonyl (C=O) groups is 1. The van der Waals surface area contributed by atoms with Crippen LogP contribution < -0.4 is 15.4 Å². The van der Waals surface area contributed by atoms with Crippen LogP contribution in [0.2, 0.25) is 0 Å². The molecule has 2 N–H and O–H groups in total. The molecule has 1 atom stereocenters. The number of hydrogen-bond donors (Lipinski definition) is 2. The van der Waals surface area contributed by atoms with Crippen molar-refractivity contribution in [2.24, 2.45) is 0 Å². The fraction of sp³-hybridized carbons (Fsp3) is 0.562. The molecule has 2 rings (SSSR count). The van der Waals surface area contributed by atoms with Gasteiger partial charge in [-0.25, -0.2) is 0 Å². The Balaban J connectivity index is 1.75. The van der Waals surface area contributed by atoms with Gasteiger partial charge in [0.1, 0.15) is 11.8 Å². The lowest BCUT2D eigenvalue weighted by Crippen LogP contribution is -2.57. The number of ether oxygens (including phenoxy) is 1. The Morgan fingerprint density at radius 2 is 2.38 bits per heavy atom. The van der Waals surface area contributed by atoms with E-state index >= 15 is 0 Å². The van der Waals surface area contributed by atoms with E-state index in [4.69, 9.17) is 4.74 Å². The lowest BCUT2D eigenvalue weighted by molar-refractivity contribution is -0.126. The summed E-state index contributed by atoms with van der Waals surface area (Å²) < 4.78 is 5.76. The molecule has 1 fully saturated rings. The predicted octanol–water partition coefficient (Wildman–Crippen LogP) is 0.784. The minimum Gasteiger partial charge on any atom is -0.494 e. The van der Waals surface area contributed by atoms with E-state index in [1.807, 2.05) is 18.2 Å². The molecule has 1 aliphatic heterocycles. The van der Waals surface area contributed by atoms with Crippen molar-refractivity contribution in [1.29, 1.82) is 0 Å². The van der Waals surface area contributed by atoms with Gasteiger partial charge in [0.15, 0.2) is 0 Å². The molecule has 21 heavy (non-hydrogen) atoms. The largest absolute Gasteiger partial charge is 0.494 e. The molecule has 116 valence electrons. The van der Waals surface area contributed by atoms with E-state index in [9.17, 15) is 4.79 Å². The molecule has 0 aromatic heterocycles. The van der Waals surface area contributed by atoms with Crippen LogP contribution in [0, 0.1) is 6.92 Å². The van der Waals surface area contributed by atoms with Gasteiger partial charge >= 0.3 is 0 Å². The maximum atomic E-state index is 11.8. The third-order valence-corrected chi connectivity index (χ3v) is 3.75. The van der Waals surface area contributed by atoms with Gasteiger partial charge in [-0.1, -0.05) is 12.1 Å². The average Bonchev–Trinajstić information content (AvgIpc) is 2.51. The highest BCUT2D eigenvalue weighted by molar-refractivity contribution is 5.81. The summed E-state index contributed by atoms with van der Waals surface area (Å²) in [5.41, 5.74) is 1.20. The zero-order valence-electron chi connectivity index (χ0n) is 12.9. The summed E-state index contributed by atoms with van der Waals surface area (Å²) in [6.07, 6.45) is 0.918. The summed E-state index contributed by atoms with van der Waals surface area (Å²) in [4.78, 5) is 14.1. The van der Waals surface area contributed by atoms with E-state index in [0.29, 0.717) is 6.61 Å². The second kappa shape index (κ2) is 8.00. The molecule has 1 saturated heterocycles. The predicted molar refractivity (Wildman–Crippen MR) is 83.6 cm³/mol. The summed E-state index contributed by atoms with van der Waals surface area (Å²) in [6.45, 7) is 6.17. The standard InChI is InChI=1S/C16H25N3O2/c1-13-5-3-6-14(11-13)21-10-4-8-19-9-7-18-12-15(19)16(20)17-2/h3,5-6,11,15,18H,4,7-10,12H2,1-2H3,(H,17,20). The molecule has 0 bridgehead atoms. The van der Waals surface area contributed by atoms with Crippen molar-refractivity contribution in [3.63, 3.8) is 0 Å². The number of likely N-dealkylation sites (N-methyl/N-ethyl adjacent to an activating group) is 1. The van der Waals surface area contributed by atoms with Gasteiger partial charge in [0.05, 0.1) is 6.61 Å². The van der Waals surface area contributed by atoms with E-state index in [1.54, 1.807) is 7.05 Å². The maximum absolute atomic E-state index is 11.8. The maximum Gasteiger partial charge on any atom is 0.238 e. The summed E-state index contributed by atoms with van der Waals surface area (Å²) in [6, 6.07) is 8.01. The van der Waals surface area contributed by atoms with Gasteiger partial charge in [0.25, 0.3) is 0 Å². The fourth-order valence-electron chi connectivity index (χ4n) is 2.60. The summed E-state index contributed by atoms with van der Waals surface area (Å²) in [7, 11) is 1.69. The van der Waals surface area contributed by atoms with Crippen molar-refractivity contribution in [3.8, 4) is 5.75 Å². The van der Waals surface area contributed by atoms with Gasteiger partial charge < -0.3 is 15.4 Å². The third kappa shape index (κ3) is 4.72. The Labute approximate surface area is 126 Å². The first-order chi connectivity index (χ1) is 10.2. The van der Waals surface area contributed by atoms with Crippen LogP contribution in [0.3, 0.4) is 0 Å². The molecule has 1 aromatic carbocycles. The first-order valence-corrected chi connectivity index (χ1v) is 7.56. The number of hydrogen-bond acceptors (Lipinski definition) is 4. The van der Waals surface area contributed by atoms with Gasteiger partial charge in [-0.2, -0.15) is 0 Å². The lowest BCUT2D eigenvalue weighted by Gasteiger charge is -2.34. The first-order valence-electron chi connectivity index (χ1n) is 7.56. The van der Waals surface area contributed by atoms with Crippen LogP contribution in [0.4, 0.5) is 0 Å². The highest BCUT2D eigenvalue weighted by Gasteiger charge is 2.27. The minimum atomic E-state index is -0.0669. The Hall–Kier alpha value is -1.59. The van der Waals surface area contributed by atoms with Crippen LogP contribution in [-0.4, -0.2) is 56.7 Å². The van der Waals surface area contributed by atoms with Crippen molar-refractivity contribution in [2.75, 3.05) is 39.8 Å². The SMILES string of the molecule is CNC(=O)C1CNCCN1CCCOc1cccc(C)c1. The summed E-state index contributed by atoms with van der Waals surface area (Å²) >= 11 is 0. The number of nitrogens with one attached hydrogen (secondary N) is 2. The normalized spacial score (nSPS) is 19.2. The van der Waals surface area contributed by atoms with Crippen molar-refractivity contribution in [3.05, 3.63) is 29.8 Å². The molecule has 1 heterocycles. The smallest absolute Gasteiger partial charge is 0.238 e. The Morgan fingerprint density at radius 3 is 3.14 bits per heavy atom. The summed E-state index contributed by atoms with van der Waals surface area (Å²) in [5, 5.41) is 6.00. The van der Waals surface area contributed by atoms with Crippen LogP contribution in [-0.2, 0) is 4.79 Å². The van der Waals surface area contributed by atoms with E-state index in [2.05, 4.69) is 28.5 Å². The minimum absolute atomic E-state index is 0.0669. The highest BCUT2D eigenvalue weighted by Crippen LogP contribution is 2.13. The molecule has 0 spiro atoms. The molecule has 5 nitrogen and oxygen atoms in total. The van der Waals surface area contributed by atoms with Crippen molar-refractivity contribution in [1.82, 2.24) is 15.5 Å². The molecule has 1 aliphatic rings. The number of rotatable bonds is 6. The molecule has 0 aliphatic carbocycles. The number of nitrogens with zero attached hydrogens (tertiary/aromatic N) is 1. The second-order valence-electron chi connectivity index (χ2n) is 5.39. The van der Waals surface area contributed by atoms with E-state index < -0.39 is 0 Å². The first kappa shape index (κ1) is 15.8. The van der Waals surface area contributed by atoms with Gasteiger partial charge in [0.2, 0.25) is 5.91 Å². The van der Waals surface area contributed by atoms with Crippen molar-refractivity contribution < 1.29 is 9.53 Å². The number of amides is 1. The van der Waals surface area contributed by atoms with Gasteiger partial charge in [-0.05, 0) is 31.0 Å². The highest BCUT2D eigenvalue weighted by atomic mass is 16.5. The van der Waals surface area contributed by atoms with E-state index in [0.717, 1.165) is 38.3 Å². The zero-order valence-corrected chi connectivity index (χ0v) is 12.9. The molecule has 1 aromatic rings. The molecule has 0 saturated carbocycles. The Morgan fingerprint density at radius 1 is 1.52 bits per heavy atom. The zero-order chi connectivity index (χ0) is 15.1. The topological polar surface area (TPSA) is 53.6 Å². The van der Waals surface area contributed by atoms with Crippen LogP contribution >= 0.6 is 0 Å². The van der Waals surface area contributed by atoms with Gasteiger partial charge in [-0.3, -0.25) is 9.69 Å². The lowest BCUT2D eigenvalue weighted by atomic mass is 10.1. The number of carbonyl (C=O) groups excluding carboxylic acids is 1. The summed E-state index contributed by atoms with van der Waals surface area (Å²) in [5.74, 6) is 1.000. The third-order valence-electron chi connectivity index (χ3n) is 3.75. The second-order valence-corrected chi connectivity index (χ2v) is 5.39. The van der Waals surface area contributed by atoms with Crippen LogP contribution in [0.25, 0.3) is 0 Å². The molecule has 0 radical (unpaired) electrons. The van der Waals surface area contributed by atoms with Crippen molar-refractivity contribution in [2.45, 2.75) is 19.4 Å². The monoisotopic (exact) mass is 291 g/mol. The van der Waals surface area contributed by atoms with Crippen LogP contribution in [0.1, 0.15) is 12.0 Å². The number of benzene rings is 1. The average molecular weight is 291 g/mol. The molecule has 5 heteroatoms. The Bertz CT molecular complexity index is 465. The van der Waals surface area contributed by atoms with E-state index in [1.165, 1.54) is 5.56 Å². The molecular weight excluding hydrogens is 266 g/mol.